The van der Waals surface area contributed by atoms with Crippen LogP contribution in [0.2, 0.25) is 0 Å². The van der Waals surface area contributed by atoms with E-state index in [-0.39, 0.29) is 9.80 Å². The molecule has 1 saturated heterocycles. The van der Waals surface area contributed by atoms with Crippen molar-refractivity contribution in [2.45, 2.75) is 42.4 Å². The van der Waals surface area contributed by atoms with E-state index in [1.165, 1.54) is 4.31 Å². The molecule has 0 aliphatic carbocycles. The third kappa shape index (κ3) is 4.97. The fourth-order valence-corrected chi connectivity index (χ4v) is 6.27. The van der Waals surface area contributed by atoms with Gasteiger partial charge in [-0.2, -0.15) is 4.31 Å². The second kappa shape index (κ2) is 8.81. The largest absolute Gasteiger partial charge is 0.243 e. The molecule has 1 heterocycles. The summed E-state index contributed by atoms with van der Waals surface area (Å²) in [7, 11) is -6.99. The van der Waals surface area contributed by atoms with Crippen LogP contribution in [0.25, 0.3) is 0 Å². The maximum atomic E-state index is 12.8. The van der Waals surface area contributed by atoms with Gasteiger partial charge in [0.2, 0.25) is 19.9 Å². The molecule has 0 unspecified atom stereocenters. The van der Waals surface area contributed by atoms with Crippen LogP contribution in [0.1, 0.15) is 31.2 Å². The Morgan fingerprint density at radius 1 is 0.931 bits per heavy atom. The van der Waals surface area contributed by atoms with Crippen molar-refractivity contribution in [1.29, 1.82) is 0 Å². The van der Waals surface area contributed by atoms with Crippen LogP contribution in [0.4, 0.5) is 0 Å². The van der Waals surface area contributed by atoms with Gasteiger partial charge in [-0.05, 0) is 62.8 Å². The number of benzene rings is 2. The van der Waals surface area contributed by atoms with Gasteiger partial charge in [-0.15, -0.1) is 0 Å². The van der Waals surface area contributed by atoms with Gasteiger partial charge >= 0.3 is 0 Å². The van der Waals surface area contributed by atoms with Gasteiger partial charge in [0, 0.05) is 18.0 Å². The third-order valence-electron chi connectivity index (χ3n) is 5.50. The summed E-state index contributed by atoms with van der Waals surface area (Å²) in [5.41, 5.74) is 1.02. The minimum Gasteiger partial charge on any atom is -0.219 e. The van der Waals surface area contributed by atoms with Crippen molar-refractivity contribution in [2.24, 2.45) is 5.92 Å². The molecule has 1 aliphatic rings. The number of sulfonamides is 1. The molecule has 0 N–H and O–H groups in total. The van der Waals surface area contributed by atoms with Gasteiger partial charge in [-0.25, -0.2) is 16.8 Å². The summed E-state index contributed by atoms with van der Waals surface area (Å²) in [4.78, 5) is 0.811. The molecule has 156 valence electrons. The molecule has 0 amide bonds. The molecule has 0 spiro atoms. The van der Waals surface area contributed by atoms with Crippen LogP contribution in [0.5, 0.6) is 0 Å². The van der Waals surface area contributed by atoms with Crippen molar-refractivity contribution in [3.63, 3.8) is 0 Å². The molecule has 5 nitrogen and oxygen atoms in total. The SMILES string of the molecule is C=C(CCC1CCN(S(=O)(=O)c2ccc(C)cc2)CC1)S(=O)(=O)c1ccccc1. The average molecular weight is 434 g/mol. The number of nitrogens with zero attached hydrogens (tertiary/aromatic N) is 1. The normalized spacial score (nSPS) is 16.6. The van der Waals surface area contributed by atoms with E-state index in [2.05, 4.69) is 6.58 Å². The summed E-state index contributed by atoms with van der Waals surface area (Å²) in [6.07, 6.45) is 2.55. The van der Waals surface area contributed by atoms with Gasteiger partial charge in [0.05, 0.1) is 9.79 Å². The van der Waals surface area contributed by atoms with Crippen molar-refractivity contribution >= 4 is 19.9 Å². The molecule has 29 heavy (non-hydrogen) atoms. The molecule has 0 atom stereocenters. The van der Waals surface area contributed by atoms with E-state index in [4.69, 9.17) is 0 Å². The molecule has 2 aromatic carbocycles. The summed E-state index contributed by atoms with van der Waals surface area (Å²) in [6, 6.07) is 15.2. The molecule has 2 aromatic rings. The highest BCUT2D eigenvalue weighted by Crippen LogP contribution is 2.29. The third-order valence-corrected chi connectivity index (χ3v) is 9.27. The molecule has 7 heteroatoms. The summed E-state index contributed by atoms with van der Waals surface area (Å²) in [5, 5.41) is 0. The molecule has 0 aromatic heterocycles. The first-order chi connectivity index (χ1) is 13.7. The number of sulfone groups is 1. The van der Waals surface area contributed by atoms with Crippen LogP contribution < -0.4 is 0 Å². The summed E-state index contributed by atoms with van der Waals surface area (Å²) >= 11 is 0. The highest BCUT2D eigenvalue weighted by Gasteiger charge is 2.29. The van der Waals surface area contributed by atoms with E-state index in [9.17, 15) is 16.8 Å². The van der Waals surface area contributed by atoms with Gasteiger partial charge in [0.15, 0.2) is 0 Å². The van der Waals surface area contributed by atoms with Crippen molar-refractivity contribution in [3.05, 3.63) is 71.6 Å². The number of hydrogen-bond acceptors (Lipinski definition) is 4. The maximum absolute atomic E-state index is 12.8. The Labute approximate surface area is 174 Å². The summed E-state index contributed by atoms with van der Waals surface area (Å²) < 4.78 is 52.3. The minimum atomic E-state index is -3.51. The first kappa shape index (κ1) is 21.7. The number of rotatable bonds is 7. The van der Waals surface area contributed by atoms with Crippen LogP contribution in [0.15, 0.2) is 75.9 Å². The second-order valence-electron chi connectivity index (χ2n) is 7.55. The zero-order valence-electron chi connectivity index (χ0n) is 16.6. The number of piperidine rings is 1. The summed E-state index contributed by atoms with van der Waals surface area (Å²) in [6.45, 7) is 6.63. The van der Waals surface area contributed by atoms with Crippen LogP contribution in [-0.2, 0) is 19.9 Å². The summed E-state index contributed by atoms with van der Waals surface area (Å²) in [5.74, 6) is 0.294. The fourth-order valence-electron chi connectivity index (χ4n) is 3.56. The van der Waals surface area contributed by atoms with Crippen LogP contribution in [-0.4, -0.2) is 34.2 Å². The predicted octanol–water partition coefficient (Wildman–Crippen LogP) is 4.16. The Hall–Kier alpha value is -1.96. The van der Waals surface area contributed by atoms with Crippen molar-refractivity contribution in [3.8, 4) is 0 Å². The Kier molecular flexibility index (Phi) is 6.61. The quantitative estimate of drug-likeness (QED) is 0.657. The molecule has 0 saturated carbocycles. The Morgan fingerprint density at radius 2 is 1.52 bits per heavy atom. The molecule has 0 bridgehead atoms. The van der Waals surface area contributed by atoms with Crippen molar-refractivity contribution < 1.29 is 16.8 Å². The van der Waals surface area contributed by atoms with Gasteiger partial charge in [-0.1, -0.05) is 42.5 Å². The lowest BCUT2D eigenvalue weighted by molar-refractivity contribution is 0.264. The maximum Gasteiger partial charge on any atom is 0.243 e. The van der Waals surface area contributed by atoms with Crippen molar-refractivity contribution in [1.82, 2.24) is 4.31 Å². The minimum absolute atomic E-state index is 0.221. The lowest BCUT2D eigenvalue weighted by atomic mass is 9.93. The standard InChI is InChI=1S/C22H27NO4S2/c1-18-8-12-22(13-9-18)29(26,27)23-16-14-20(15-17-23)11-10-19(2)28(24,25)21-6-4-3-5-7-21/h3-9,12-13,20H,2,10-11,14-17H2,1H3. The van der Waals surface area contributed by atoms with Crippen LogP contribution >= 0.6 is 0 Å². The zero-order chi connectivity index (χ0) is 21.1. The van der Waals surface area contributed by atoms with E-state index in [0.717, 1.165) is 18.4 Å². The Balaban J connectivity index is 1.55. The Bertz CT molecular complexity index is 1050. The topological polar surface area (TPSA) is 71.5 Å². The van der Waals surface area contributed by atoms with Crippen molar-refractivity contribution in [2.75, 3.05) is 13.1 Å². The highest BCUT2D eigenvalue weighted by molar-refractivity contribution is 7.95. The predicted molar refractivity (Wildman–Crippen MR) is 115 cm³/mol. The molecule has 3 rings (SSSR count). The molecular weight excluding hydrogens is 406 g/mol. The van der Waals surface area contributed by atoms with E-state index in [1.54, 1.807) is 54.6 Å². The zero-order valence-corrected chi connectivity index (χ0v) is 18.3. The van der Waals surface area contributed by atoms with Crippen LogP contribution in [0, 0.1) is 12.8 Å². The number of hydrogen-bond donors (Lipinski definition) is 0. The van der Waals surface area contributed by atoms with E-state index >= 15 is 0 Å². The number of allylic oxidation sites excluding steroid dienone is 1. The first-order valence-electron chi connectivity index (χ1n) is 9.76. The van der Waals surface area contributed by atoms with Gasteiger partial charge in [0.1, 0.15) is 0 Å². The lowest BCUT2D eigenvalue weighted by Crippen LogP contribution is -2.38. The lowest BCUT2D eigenvalue weighted by Gasteiger charge is -2.31. The Morgan fingerprint density at radius 3 is 2.10 bits per heavy atom. The molecule has 0 radical (unpaired) electrons. The number of aryl methyl sites for hydroxylation is 1. The first-order valence-corrected chi connectivity index (χ1v) is 12.7. The second-order valence-corrected chi connectivity index (χ2v) is 11.5. The van der Waals surface area contributed by atoms with Gasteiger partial charge in [-0.3, -0.25) is 0 Å². The van der Waals surface area contributed by atoms with E-state index < -0.39 is 19.9 Å². The highest BCUT2D eigenvalue weighted by atomic mass is 32.2. The van der Waals surface area contributed by atoms with Crippen LogP contribution in [0.3, 0.4) is 0 Å². The van der Waals surface area contributed by atoms with Gasteiger partial charge in [0.25, 0.3) is 0 Å². The fraction of sp³-hybridized carbons (Fsp3) is 0.364. The molecular formula is C22H27NO4S2. The molecule has 1 fully saturated rings. The van der Waals surface area contributed by atoms with E-state index in [0.29, 0.717) is 36.7 Å². The smallest absolute Gasteiger partial charge is 0.219 e. The van der Waals surface area contributed by atoms with E-state index in [1.807, 2.05) is 6.92 Å². The monoisotopic (exact) mass is 433 g/mol. The van der Waals surface area contributed by atoms with Gasteiger partial charge < -0.3 is 0 Å². The average Bonchev–Trinajstić information content (AvgIpc) is 2.73. The molecule has 1 aliphatic heterocycles.